The lowest BCUT2D eigenvalue weighted by atomic mass is 10.0. The summed E-state index contributed by atoms with van der Waals surface area (Å²) in [6, 6.07) is 5.86. The summed E-state index contributed by atoms with van der Waals surface area (Å²) in [5.74, 6) is 0. The number of nitrogens with one attached hydrogen (secondary N) is 1. The second-order valence-corrected chi connectivity index (χ2v) is 6.38. The molecule has 6 heteroatoms. The molecule has 1 aromatic carbocycles. The van der Waals surface area contributed by atoms with Gasteiger partial charge in [-0.3, -0.25) is 0 Å². The molecule has 1 atom stereocenters. The first-order chi connectivity index (χ1) is 8.83. The summed E-state index contributed by atoms with van der Waals surface area (Å²) >= 11 is 5.67. The maximum absolute atomic E-state index is 12.2. The molecule has 1 rings (SSSR count). The van der Waals surface area contributed by atoms with Crippen LogP contribution in [0.25, 0.3) is 0 Å². The van der Waals surface area contributed by atoms with Crippen LogP contribution in [0.3, 0.4) is 0 Å². The fourth-order valence-corrected chi connectivity index (χ4v) is 2.94. The first-order valence-electron chi connectivity index (χ1n) is 6.08. The Hall–Kier alpha value is 0.180. The van der Waals surface area contributed by atoms with Crippen LogP contribution in [0.1, 0.15) is 37.8 Å². The van der Waals surface area contributed by atoms with Gasteiger partial charge in [0.05, 0.1) is 0 Å². The smallest absolute Gasteiger partial charge is 0.310 e. The van der Waals surface area contributed by atoms with Crippen molar-refractivity contribution in [2.24, 2.45) is 0 Å². The fourth-order valence-electron chi connectivity index (χ4n) is 1.90. The maximum Gasteiger partial charge on any atom is 0.389 e. The third kappa shape index (κ3) is 6.44. The van der Waals surface area contributed by atoms with E-state index >= 15 is 0 Å². The number of hydrogen-bond acceptors (Lipinski definition) is 1. The molecular formula is C13H16BrF3IN. The van der Waals surface area contributed by atoms with E-state index in [0.717, 1.165) is 20.2 Å². The van der Waals surface area contributed by atoms with Gasteiger partial charge in [-0.05, 0) is 65.7 Å². The van der Waals surface area contributed by atoms with Gasteiger partial charge in [-0.2, -0.15) is 13.2 Å². The van der Waals surface area contributed by atoms with Crippen molar-refractivity contribution in [2.45, 2.75) is 38.4 Å². The van der Waals surface area contributed by atoms with E-state index in [9.17, 15) is 13.2 Å². The van der Waals surface area contributed by atoms with Gasteiger partial charge >= 0.3 is 6.18 Å². The van der Waals surface area contributed by atoms with Gasteiger partial charge in [0.25, 0.3) is 0 Å². The Morgan fingerprint density at radius 3 is 2.63 bits per heavy atom. The minimum absolute atomic E-state index is 0.0450. The van der Waals surface area contributed by atoms with Crippen LogP contribution >= 0.6 is 38.5 Å². The van der Waals surface area contributed by atoms with E-state index in [1.165, 1.54) is 0 Å². The molecule has 0 aliphatic carbocycles. The van der Waals surface area contributed by atoms with Gasteiger partial charge in [0.1, 0.15) is 0 Å². The Morgan fingerprint density at radius 2 is 2.05 bits per heavy atom. The number of hydrogen-bond donors (Lipinski definition) is 1. The quantitative estimate of drug-likeness (QED) is 0.570. The lowest BCUT2D eigenvalue weighted by Gasteiger charge is -2.20. The summed E-state index contributed by atoms with van der Waals surface area (Å²) in [5.41, 5.74) is 1.02. The zero-order valence-electron chi connectivity index (χ0n) is 10.5. The second-order valence-electron chi connectivity index (χ2n) is 4.28. The van der Waals surface area contributed by atoms with Crippen molar-refractivity contribution in [3.63, 3.8) is 0 Å². The van der Waals surface area contributed by atoms with Gasteiger partial charge in [0.15, 0.2) is 0 Å². The molecule has 0 aliphatic heterocycles. The SMILES string of the molecule is CCNC(CCCC(F)(F)F)c1cc(I)ccc1Br. The lowest BCUT2D eigenvalue weighted by Crippen LogP contribution is -2.22. The maximum atomic E-state index is 12.2. The fraction of sp³-hybridized carbons (Fsp3) is 0.538. The Bertz CT molecular complexity index is 409. The molecule has 1 N–H and O–H groups in total. The molecule has 0 fully saturated rings. The summed E-state index contributed by atoms with van der Waals surface area (Å²) in [5, 5.41) is 3.25. The monoisotopic (exact) mass is 449 g/mol. The van der Waals surface area contributed by atoms with Crippen LogP contribution in [0.5, 0.6) is 0 Å². The Labute approximate surface area is 133 Å². The lowest BCUT2D eigenvalue weighted by molar-refractivity contribution is -0.135. The molecule has 0 saturated heterocycles. The third-order valence-corrected chi connectivity index (χ3v) is 4.13. The molecular weight excluding hydrogens is 434 g/mol. The van der Waals surface area contributed by atoms with Crippen LogP contribution in [-0.4, -0.2) is 12.7 Å². The number of halogens is 5. The molecule has 1 nitrogen and oxygen atoms in total. The van der Waals surface area contributed by atoms with Crippen LogP contribution in [0.4, 0.5) is 13.2 Å². The van der Waals surface area contributed by atoms with Gasteiger partial charge in [0.2, 0.25) is 0 Å². The molecule has 0 bridgehead atoms. The van der Waals surface area contributed by atoms with Gasteiger partial charge in [0, 0.05) is 20.5 Å². The number of benzene rings is 1. The normalized spacial score (nSPS) is 13.6. The predicted molar refractivity (Wildman–Crippen MR) is 83.2 cm³/mol. The highest BCUT2D eigenvalue weighted by atomic mass is 127. The van der Waals surface area contributed by atoms with Crippen LogP contribution in [0, 0.1) is 3.57 Å². The first kappa shape index (κ1) is 17.2. The molecule has 0 aromatic heterocycles. The molecule has 1 unspecified atom stereocenters. The van der Waals surface area contributed by atoms with Crippen molar-refractivity contribution < 1.29 is 13.2 Å². The van der Waals surface area contributed by atoms with Crippen molar-refractivity contribution in [3.8, 4) is 0 Å². The zero-order valence-corrected chi connectivity index (χ0v) is 14.3. The molecule has 19 heavy (non-hydrogen) atoms. The average molecular weight is 450 g/mol. The van der Waals surface area contributed by atoms with Crippen molar-refractivity contribution in [1.82, 2.24) is 5.32 Å². The molecule has 1 aromatic rings. The minimum Gasteiger partial charge on any atom is -0.310 e. The third-order valence-electron chi connectivity index (χ3n) is 2.74. The van der Waals surface area contributed by atoms with Gasteiger partial charge < -0.3 is 5.32 Å². The highest BCUT2D eigenvalue weighted by molar-refractivity contribution is 14.1. The zero-order chi connectivity index (χ0) is 14.5. The van der Waals surface area contributed by atoms with Gasteiger partial charge in [-0.15, -0.1) is 0 Å². The molecule has 0 heterocycles. The number of rotatable bonds is 6. The predicted octanol–water partition coefficient (Wildman–Crippen LogP) is 5.44. The van der Waals surface area contributed by atoms with Gasteiger partial charge in [-0.1, -0.05) is 22.9 Å². The van der Waals surface area contributed by atoms with Gasteiger partial charge in [-0.25, -0.2) is 0 Å². The van der Waals surface area contributed by atoms with E-state index < -0.39 is 12.6 Å². The van der Waals surface area contributed by atoms with E-state index in [0.29, 0.717) is 6.42 Å². The number of alkyl halides is 3. The Kier molecular flexibility index (Phi) is 7.10. The standard InChI is InChI=1S/C13H16BrF3IN/c1-2-19-12(4-3-7-13(15,16)17)10-8-9(18)5-6-11(10)14/h5-6,8,12,19H,2-4,7H2,1H3. The highest BCUT2D eigenvalue weighted by Gasteiger charge is 2.27. The Balaban J connectivity index is 2.73. The van der Waals surface area contributed by atoms with Crippen molar-refractivity contribution >= 4 is 38.5 Å². The summed E-state index contributed by atoms with van der Waals surface area (Å²) in [6.45, 7) is 2.69. The first-order valence-corrected chi connectivity index (χ1v) is 7.95. The van der Waals surface area contributed by atoms with Crippen LogP contribution in [0.2, 0.25) is 0 Å². The Morgan fingerprint density at radius 1 is 1.37 bits per heavy atom. The van der Waals surface area contributed by atoms with E-state index in [1.54, 1.807) is 0 Å². The van der Waals surface area contributed by atoms with Crippen molar-refractivity contribution in [1.29, 1.82) is 0 Å². The van der Waals surface area contributed by atoms with Crippen molar-refractivity contribution in [3.05, 3.63) is 31.8 Å². The summed E-state index contributed by atoms with van der Waals surface area (Å²) in [7, 11) is 0. The molecule has 0 radical (unpaired) electrons. The molecule has 0 saturated carbocycles. The summed E-state index contributed by atoms with van der Waals surface area (Å²) in [6.07, 6.45) is -4.18. The van der Waals surface area contributed by atoms with E-state index in [4.69, 9.17) is 0 Å². The van der Waals surface area contributed by atoms with Crippen LogP contribution in [0.15, 0.2) is 22.7 Å². The summed E-state index contributed by atoms with van der Waals surface area (Å²) < 4.78 is 38.6. The van der Waals surface area contributed by atoms with Crippen molar-refractivity contribution in [2.75, 3.05) is 6.54 Å². The summed E-state index contributed by atoms with van der Waals surface area (Å²) in [4.78, 5) is 0. The molecule has 0 spiro atoms. The van der Waals surface area contributed by atoms with E-state index in [1.807, 2.05) is 25.1 Å². The highest BCUT2D eigenvalue weighted by Crippen LogP contribution is 2.30. The molecule has 108 valence electrons. The van der Waals surface area contributed by atoms with Crippen LogP contribution in [-0.2, 0) is 0 Å². The van der Waals surface area contributed by atoms with Crippen LogP contribution < -0.4 is 5.32 Å². The minimum atomic E-state index is -4.07. The largest absolute Gasteiger partial charge is 0.389 e. The van der Waals surface area contributed by atoms with E-state index in [2.05, 4.69) is 43.8 Å². The molecule has 0 amide bonds. The van der Waals surface area contributed by atoms with E-state index in [-0.39, 0.29) is 12.5 Å². The second kappa shape index (κ2) is 7.83. The molecule has 0 aliphatic rings. The topological polar surface area (TPSA) is 12.0 Å². The average Bonchev–Trinajstić information content (AvgIpc) is 2.30.